The molecule has 0 aliphatic rings. The molecule has 0 saturated heterocycles. The number of alkyl carbamates (subject to hydrolysis) is 1. The zero-order valence-electron chi connectivity index (χ0n) is 30.5. The van der Waals surface area contributed by atoms with Crippen LogP contribution in [0.5, 0.6) is 0 Å². The molecular weight excluding hydrogens is 618 g/mol. The highest BCUT2D eigenvalue weighted by Crippen LogP contribution is 2.26. The number of hydrogen-bond acceptors (Lipinski definition) is 6. The Morgan fingerprint density at radius 3 is 1.71 bits per heavy atom. The molecule has 0 radical (unpaired) electrons. The van der Waals surface area contributed by atoms with Crippen LogP contribution in [0.3, 0.4) is 0 Å². The van der Waals surface area contributed by atoms with Crippen molar-refractivity contribution in [3.63, 3.8) is 0 Å². The molecule has 49 heavy (non-hydrogen) atoms. The first kappa shape index (κ1) is 38.8. The molecule has 0 saturated carbocycles. The molecule has 9 nitrogen and oxygen atoms in total. The summed E-state index contributed by atoms with van der Waals surface area (Å²) >= 11 is 0. The standard InChI is InChI=1S/C40H53N3O6/c1-10-23-43(36(45)32(25-29-17-13-11-14-18-29)42-38(47)49-40(7,8)9)34(31-22-21-27(2)28(3)24-31)35(44)41-33(37(46)48-39(4,5)6)26-30-19-15-12-16-20-30/h11-22,24,32-34H,10,23,25-26H2,1-9H3,(H,41,44)(H,42,47). The summed E-state index contributed by atoms with van der Waals surface area (Å²) in [6.45, 7) is 16.6. The summed E-state index contributed by atoms with van der Waals surface area (Å²) in [6, 6.07) is 21.2. The van der Waals surface area contributed by atoms with Crippen LogP contribution >= 0.6 is 0 Å². The van der Waals surface area contributed by atoms with Gasteiger partial charge in [-0.1, -0.05) is 85.8 Å². The zero-order valence-corrected chi connectivity index (χ0v) is 30.5. The largest absolute Gasteiger partial charge is 0.458 e. The Kier molecular flexibility index (Phi) is 13.6. The Hall–Kier alpha value is -4.66. The average Bonchev–Trinajstić information content (AvgIpc) is 3.01. The first-order chi connectivity index (χ1) is 23.0. The van der Waals surface area contributed by atoms with Crippen LogP contribution in [0, 0.1) is 13.8 Å². The maximum atomic E-state index is 14.7. The van der Waals surface area contributed by atoms with Crippen molar-refractivity contribution >= 4 is 23.9 Å². The molecule has 3 rings (SSSR count). The van der Waals surface area contributed by atoms with Gasteiger partial charge in [-0.3, -0.25) is 9.59 Å². The number of amides is 3. The Morgan fingerprint density at radius 2 is 1.22 bits per heavy atom. The van der Waals surface area contributed by atoms with E-state index in [1.807, 2.05) is 99.6 Å². The number of rotatable bonds is 13. The molecule has 3 amide bonds. The van der Waals surface area contributed by atoms with Crippen molar-refractivity contribution in [2.75, 3.05) is 6.54 Å². The van der Waals surface area contributed by atoms with Crippen molar-refractivity contribution in [3.05, 3.63) is 107 Å². The second-order valence-electron chi connectivity index (χ2n) is 14.5. The summed E-state index contributed by atoms with van der Waals surface area (Å²) in [6.07, 6.45) is 0.164. The highest BCUT2D eigenvalue weighted by Gasteiger charge is 2.38. The molecule has 0 spiro atoms. The number of esters is 1. The monoisotopic (exact) mass is 671 g/mol. The second-order valence-corrected chi connectivity index (χ2v) is 14.5. The highest BCUT2D eigenvalue weighted by atomic mass is 16.6. The van der Waals surface area contributed by atoms with Gasteiger partial charge >= 0.3 is 12.1 Å². The quantitative estimate of drug-likeness (QED) is 0.194. The lowest BCUT2D eigenvalue weighted by Crippen LogP contribution is -2.55. The van der Waals surface area contributed by atoms with Crippen LogP contribution in [0.4, 0.5) is 4.79 Å². The summed E-state index contributed by atoms with van der Waals surface area (Å²) in [5, 5.41) is 5.74. The maximum Gasteiger partial charge on any atom is 0.408 e. The van der Waals surface area contributed by atoms with Gasteiger partial charge in [-0.2, -0.15) is 0 Å². The fourth-order valence-corrected chi connectivity index (χ4v) is 5.38. The van der Waals surface area contributed by atoms with Gasteiger partial charge < -0.3 is 25.0 Å². The van der Waals surface area contributed by atoms with E-state index in [4.69, 9.17) is 9.47 Å². The molecule has 264 valence electrons. The normalized spacial score (nSPS) is 13.4. The van der Waals surface area contributed by atoms with Crippen LogP contribution in [0.15, 0.2) is 78.9 Å². The van der Waals surface area contributed by atoms with Gasteiger partial charge in [0.15, 0.2) is 0 Å². The molecular formula is C40H53N3O6. The molecule has 2 N–H and O–H groups in total. The highest BCUT2D eigenvalue weighted by molar-refractivity contribution is 5.94. The molecule has 0 heterocycles. The third kappa shape index (κ3) is 12.4. The minimum Gasteiger partial charge on any atom is -0.458 e. The lowest BCUT2D eigenvalue weighted by Gasteiger charge is -2.35. The van der Waals surface area contributed by atoms with Gasteiger partial charge in [0.1, 0.15) is 29.3 Å². The van der Waals surface area contributed by atoms with Crippen molar-refractivity contribution in [2.45, 2.75) is 111 Å². The van der Waals surface area contributed by atoms with Crippen LogP contribution in [-0.2, 0) is 36.7 Å². The van der Waals surface area contributed by atoms with Crippen molar-refractivity contribution in [3.8, 4) is 0 Å². The molecule has 3 aromatic rings. The lowest BCUT2D eigenvalue weighted by atomic mass is 9.96. The smallest absolute Gasteiger partial charge is 0.408 e. The predicted molar refractivity (Wildman–Crippen MR) is 192 cm³/mol. The molecule has 0 bridgehead atoms. The molecule has 0 aliphatic heterocycles. The SMILES string of the molecule is CCCN(C(=O)C(Cc1ccccc1)NC(=O)OC(C)(C)C)C(C(=O)NC(Cc1ccccc1)C(=O)OC(C)(C)C)c1ccc(C)c(C)c1. The van der Waals surface area contributed by atoms with E-state index in [9.17, 15) is 19.2 Å². The summed E-state index contributed by atoms with van der Waals surface area (Å²) in [5.41, 5.74) is 2.65. The third-order valence-electron chi connectivity index (χ3n) is 7.72. The van der Waals surface area contributed by atoms with Crippen molar-refractivity contribution < 1.29 is 28.7 Å². The van der Waals surface area contributed by atoms with E-state index in [1.165, 1.54) is 4.90 Å². The Morgan fingerprint density at radius 1 is 0.694 bits per heavy atom. The number of carbonyl (C=O) groups excluding carboxylic acids is 4. The second kappa shape index (κ2) is 17.1. The van der Waals surface area contributed by atoms with E-state index in [2.05, 4.69) is 10.6 Å². The summed E-state index contributed by atoms with van der Waals surface area (Å²) < 4.78 is 11.3. The molecule has 3 atom stereocenters. The minimum atomic E-state index is -1.12. The Bertz CT molecular complexity index is 1560. The third-order valence-corrected chi connectivity index (χ3v) is 7.72. The Labute approximate surface area is 291 Å². The van der Waals surface area contributed by atoms with Gasteiger partial charge in [0.05, 0.1) is 0 Å². The topological polar surface area (TPSA) is 114 Å². The minimum absolute atomic E-state index is 0.176. The van der Waals surface area contributed by atoms with E-state index in [-0.39, 0.29) is 19.4 Å². The first-order valence-electron chi connectivity index (χ1n) is 17.0. The number of carbonyl (C=O) groups is 4. The van der Waals surface area contributed by atoms with Gasteiger partial charge in [-0.25, -0.2) is 9.59 Å². The number of ether oxygens (including phenoxy) is 2. The van der Waals surface area contributed by atoms with E-state index in [0.717, 1.165) is 22.3 Å². The van der Waals surface area contributed by atoms with Crippen LogP contribution < -0.4 is 10.6 Å². The van der Waals surface area contributed by atoms with Crippen LogP contribution in [0.2, 0.25) is 0 Å². The Balaban J connectivity index is 2.10. The molecule has 0 fully saturated rings. The zero-order chi connectivity index (χ0) is 36.4. The van der Waals surface area contributed by atoms with Gasteiger partial charge in [0, 0.05) is 19.4 Å². The fraction of sp³-hybridized carbons (Fsp3) is 0.450. The average molecular weight is 672 g/mol. The van der Waals surface area contributed by atoms with Gasteiger partial charge in [-0.05, 0) is 89.6 Å². The lowest BCUT2D eigenvalue weighted by molar-refractivity contribution is -0.159. The number of aryl methyl sites for hydroxylation is 2. The molecule has 3 aromatic carbocycles. The summed E-state index contributed by atoms with van der Waals surface area (Å²) in [5.74, 6) is -1.56. The molecule has 0 aromatic heterocycles. The fourth-order valence-electron chi connectivity index (χ4n) is 5.38. The summed E-state index contributed by atoms with van der Waals surface area (Å²) in [4.78, 5) is 57.4. The molecule has 9 heteroatoms. The maximum absolute atomic E-state index is 14.7. The van der Waals surface area contributed by atoms with Crippen molar-refractivity contribution in [1.82, 2.24) is 15.5 Å². The number of benzene rings is 3. The van der Waals surface area contributed by atoms with Gasteiger partial charge in [-0.15, -0.1) is 0 Å². The first-order valence-corrected chi connectivity index (χ1v) is 17.0. The van der Waals surface area contributed by atoms with E-state index in [0.29, 0.717) is 12.0 Å². The number of nitrogens with one attached hydrogen (secondary N) is 2. The van der Waals surface area contributed by atoms with E-state index >= 15 is 0 Å². The van der Waals surface area contributed by atoms with Gasteiger partial charge in [0.2, 0.25) is 11.8 Å². The van der Waals surface area contributed by atoms with Crippen molar-refractivity contribution in [2.24, 2.45) is 0 Å². The number of nitrogens with zero attached hydrogens (tertiary/aromatic N) is 1. The van der Waals surface area contributed by atoms with Crippen LogP contribution in [0.1, 0.15) is 88.7 Å². The van der Waals surface area contributed by atoms with Gasteiger partial charge in [0.25, 0.3) is 0 Å². The molecule has 0 aliphatic carbocycles. The van der Waals surface area contributed by atoms with E-state index in [1.54, 1.807) is 41.5 Å². The predicted octanol–water partition coefficient (Wildman–Crippen LogP) is 6.79. The van der Waals surface area contributed by atoms with Crippen molar-refractivity contribution in [1.29, 1.82) is 0 Å². The van der Waals surface area contributed by atoms with E-state index < -0.39 is 53.2 Å². The van der Waals surface area contributed by atoms with Crippen LogP contribution in [0.25, 0.3) is 0 Å². The van der Waals surface area contributed by atoms with Crippen LogP contribution in [-0.4, -0.2) is 58.6 Å². The number of hydrogen-bond donors (Lipinski definition) is 2. The summed E-state index contributed by atoms with van der Waals surface area (Å²) in [7, 11) is 0. The molecule has 3 unspecified atom stereocenters.